The van der Waals surface area contributed by atoms with Crippen LogP contribution in [0.25, 0.3) is 0 Å². The van der Waals surface area contributed by atoms with Crippen LogP contribution in [-0.4, -0.2) is 40.9 Å². The van der Waals surface area contributed by atoms with Gasteiger partial charge in [-0.15, -0.1) is 0 Å². The lowest BCUT2D eigenvalue weighted by Crippen LogP contribution is -2.40. The van der Waals surface area contributed by atoms with Gasteiger partial charge in [0.2, 0.25) is 5.88 Å². The zero-order chi connectivity index (χ0) is 13.1. The van der Waals surface area contributed by atoms with Crippen molar-refractivity contribution in [3.05, 3.63) is 11.3 Å². The van der Waals surface area contributed by atoms with E-state index in [1.165, 1.54) is 25.8 Å². The van der Waals surface area contributed by atoms with E-state index in [1.807, 2.05) is 14.0 Å². The smallest absolute Gasteiger partial charge is 0.216 e. The first-order valence-corrected chi connectivity index (χ1v) is 6.69. The zero-order valence-corrected chi connectivity index (χ0v) is 11.6. The van der Waals surface area contributed by atoms with Crippen molar-refractivity contribution in [3.63, 3.8) is 0 Å². The van der Waals surface area contributed by atoms with E-state index in [2.05, 4.69) is 17.0 Å². The molecule has 1 aromatic heterocycles. The van der Waals surface area contributed by atoms with Gasteiger partial charge in [0.1, 0.15) is 6.61 Å². The molecule has 102 valence electrons. The Bertz CT molecular complexity index is 402. The molecule has 0 aliphatic carbocycles. The second-order valence-electron chi connectivity index (χ2n) is 5.14. The fourth-order valence-electron chi connectivity index (χ4n) is 2.63. The Balaban J connectivity index is 2.01. The van der Waals surface area contributed by atoms with Gasteiger partial charge >= 0.3 is 0 Å². The van der Waals surface area contributed by atoms with Gasteiger partial charge in [0.15, 0.2) is 0 Å². The maximum absolute atomic E-state index is 5.97. The minimum Gasteiger partial charge on any atom is -0.476 e. The highest BCUT2D eigenvalue weighted by atomic mass is 16.5. The Morgan fingerprint density at radius 2 is 2.17 bits per heavy atom. The summed E-state index contributed by atoms with van der Waals surface area (Å²) in [7, 11) is 4.08. The van der Waals surface area contributed by atoms with E-state index >= 15 is 0 Å². The molecule has 0 saturated carbocycles. The number of aromatic nitrogens is 2. The van der Waals surface area contributed by atoms with E-state index in [9.17, 15) is 0 Å². The minimum atomic E-state index is 0.482. The third kappa shape index (κ3) is 2.67. The molecule has 5 heteroatoms. The molecule has 2 heterocycles. The van der Waals surface area contributed by atoms with E-state index in [-0.39, 0.29) is 0 Å². The molecule has 1 aliphatic rings. The summed E-state index contributed by atoms with van der Waals surface area (Å²) >= 11 is 0. The molecule has 1 unspecified atom stereocenters. The van der Waals surface area contributed by atoms with E-state index in [1.54, 1.807) is 4.68 Å². The molecule has 1 aliphatic heterocycles. The molecule has 0 aromatic carbocycles. The molecule has 1 saturated heterocycles. The largest absolute Gasteiger partial charge is 0.476 e. The summed E-state index contributed by atoms with van der Waals surface area (Å²) in [4.78, 5) is 2.38. The highest BCUT2D eigenvalue weighted by Crippen LogP contribution is 2.22. The Labute approximate surface area is 109 Å². The standard InChI is InChI=1S/C13H24N4O/c1-10-12(8-14)13(17(3)15-10)18-9-11-6-4-5-7-16(11)2/h11H,4-9,14H2,1-3H3. The maximum Gasteiger partial charge on any atom is 0.216 e. The molecule has 0 radical (unpaired) electrons. The Morgan fingerprint density at radius 3 is 2.83 bits per heavy atom. The highest BCUT2D eigenvalue weighted by Gasteiger charge is 2.21. The average Bonchev–Trinajstić information content (AvgIpc) is 2.62. The molecule has 5 nitrogen and oxygen atoms in total. The lowest BCUT2D eigenvalue weighted by atomic mass is 10.0. The summed E-state index contributed by atoms with van der Waals surface area (Å²) in [6, 6.07) is 0.514. The van der Waals surface area contributed by atoms with Gasteiger partial charge in [-0.1, -0.05) is 6.42 Å². The summed E-state index contributed by atoms with van der Waals surface area (Å²) < 4.78 is 7.76. The van der Waals surface area contributed by atoms with Gasteiger partial charge in [-0.2, -0.15) is 5.10 Å². The predicted octanol–water partition coefficient (Wildman–Crippen LogP) is 1.05. The summed E-state index contributed by atoms with van der Waals surface area (Å²) in [6.45, 7) is 4.35. The van der Waals surface area contributed by atoms with E-state index in [0.717, 1.165) is 23.7 Å². The summed E-state index contributed by atoms with van der Waals surface area (Å²) in [5.74, 6) is 0.828. The fraction of sp³-hybridized carbons (Fsp3) is 0.769. The van der Waals surface area contributed by atoms with Crippen molar-refractivity contribution in [2.45, 2.75) is 38.8 Å². The van der Waals surface area contributed by atoms with Crippen LogP contribution >= 0.6 is 0 Å². The van der Waals surface area contributed by atoms with Gasteiger partial charge in [0, 0.05) is 19.6 Å². The number of nitrogens with two attached hydrogens (primary N) is 1. The van der Waals surface area contributed by atoms with Crippen LogP contribution in [0.3, 0.4) is 0 Å². The number of rotatable bonds is 4. The van der Waals surface area contributed by atoms with Gasteiger partial charge in [0.25, 0.3) is 0 Å². The van der Waals surface area contributed by atoms with Crippen molar-refractivity contribution in [1.82, 2.24) is 14.7 Å². The SMILES string of the molecule is Cc1nn(C)c(OCC2CCCCN2C)c1CN. The number of ether oxygens (including phenoxy) is 1. The third-order valence-electron chi connectivity index (χ3n) is 3.83. The van der Waals surface area contributed by atoms with Crippen molar-refractivity contribution in [1.29, 1.82) is 0 Å². The molecular weight excluding hydrogens is 228 g/mol. The van der Waals surface area contributed by atoms with Gasteiger partial charge in [0.05, 0.1) is 11.3 Å². The van der Waals surface area contributed by atoms with Crippen LogP contribution in [-0.2, 0) is 13.6 Å². The number of hydrogen-bond donors (Lipinski definition) is 1. The van der Waals surface area contributed by atoms with E-state index in [0.29, 0.717) is 12.6 Å². The number of likely N-dealkylation sites (tertiary alicyclic amines) is 1. The van der Waals surface area contributed by atoms with E-state index in [4.69, 9.17) is 10.5 Å². The number of hydrogen-bond acceptors (Lipinski definition) is 4. The molecular formula is C13H24N4O. The third-order valence-corrected chi connectivity index (χ3v) is 3.83. The average molecular weight is 252 g/mol. The molecule has 1 aromatic rings. The van der Waals surface area contributed by atoms with Crippen molar-refractivity contribution in [2.75, 3.05) is 20.2 Å². The second-order valence-corrected chi connectivity index (χ2v) is 5.14. The summed E-state index contributed by atoms with van der Waals surface area (Å²) in [5.41, 5.74) is 7.75. The van der Waals surface area contributed by atoms with Crippen molar-refractivity contribution in [2.24, 2.45) is 12.8 Å². The van der Waals surface area contributed by atoms with Crippen molar-refractivity contribution in [3.8, 4) is 5.88 Å². The normalized spacial score (nSPS) is 21.2. The Hall–Kier alpha value is -1.07. The number of likely N-dealkylation sites (N-methyl/N-ethyl adjacent to an activating group) is 1. The van der Waals surface area contributed by atoms with Crippen LogP contribution in [0.15, 0.2) is 0 Å². The lowest BCUT2D eigenvalue weighted by molar-refractivity contribution is 0.119. The first kappa shape index (κ1) is 13.4. The number of aryl methyl sites for hydroxylation is 2. The highest BCUT2D eigenvalue weighted by molar-refractivity contribution is 5.30. The van der Waals surface area contributed by atoms with Crippen molar-refractivity contribution >= 4 is 0 Å². The molecule has 0 amide bonds. The molecule has 2 rings (SSSR count). The molecule has 0 spiro atoms. The summed E-state index contributed by atoms with van der Waals surface area (Å²) in [5, 5.41) is 4.36. The number of piperidine rings is 1. The monoisotopic (exact) mass is 252 g/mol. The van der Waals surface area contributed by atoms with Crippen LogP contribution in [0.2, 0.25) is 0 Å². The minimum absolute atomic E-state index is 0.482. The topological polar surface area (TPSA) is 56.3 Å². The van der Waals surface area contributed by atoms with E-state index < -0.39 is 0 Å². The number of nitrogens with zero attached hydrogens (tertiary/aromatic N) is 3. The molecule has 1 fully saturated rings. The van der Waals surface area contributed by atoms with Crippen LogP contribution in [0.5, 0.6) is 5.88 Å². The second kappa shape index (κ2) is 5.71. The molecule has 18 heavy (non-hydrogen) atoms. The first-order valence-electron chi connectivity index (χ1n) is 6.69. The lowest BCUT2D eigenvalue weighted by Gasteiger charge is -2.32. The zero-order valence-electron chi connectivity index (χ0n) is 11.6. The molecule has 0 bridgehead atoms. The first-order chi connectivity index (χ1) is 8.63. The van der Waals surface area contributed by atoms with Crippen LogP contribution < -0.4 is 10.5 Å². The Kier molecular flexibility index (Phi) is 4.24. The van der Waals surface area contributed by atoms with Crippen molar-refractivity contribution < 1.29 is 4.74 Å². The van der Waals surface area contributed by atoms with Gasteiger partial charge < -0.3 is 15.4 Å². The maximum atomic E-state index is 5.97. The van der Waals surface area contributed by atoms with Crippen LogP contribution in [0.1, 0.15) is 30.5 Å². The van der Waals surface area contributed by atoms with Gasteiger partial charge in [-0.25, -0.2) is 4.68 Å². The Morgan fingerprint density at radius 1 is 1.39 bits per heavy atom. The fourth-order valence-corrected chi connectivity index (χ4v) is 2.63. The molecule has 1 atom stereocenters. The summed E-state index contributed by atoms with van der Waals surface area (Å²) in [6.07, 6.45) is 3.81. The quantitative estimate of drug-likeness (QED) is 0.870. The van der Waals surface area contributed by atoms with Gasteiger partial charge in [-0.3, -0.25) is 0 Å². The van der Waals surface area contributed by atoms with Crippen LogP contribution in [0.4, 0.5) is 0 Å². The van der Waals surface area contributed by atoms with Gasteiger partial charge in [-0.05, 0) is 33.4 Å². The molecule has 2 N–H and O–H groups in total. The van der Waals surface area contributed by atoms with Crippen LogP contribution in [0, 0.1) is 6.92 Å². The predicted molar refractivity (Wildman–Crippen MR) is 71.6 cm³/mol.